The zero-order chi connectivity index (χ0) is 14.3. The molecule has 0 unspecified atom stereocenters. The van der Waals surface area contributed by atoms with E-state index in [2.05, 4.69) is 26.0 Å². The number of hydrogen-bond acceptors (Lipinski definition) is 2. The van der Waals surface area contributed by atoms with E-state index in [1.54, 1.807) is 0 Å². The van der Waals surface area contributed by atoms with Crippen LogP contribution in [0.4, 0.5) is 5.69 Å². The quantitative estimate of drug-likeness (QED) is 0.705. The number of anilines is 1. The Morgan fingerprint density at radius 2 is 2.00 bits per heavy atom. The van der Waals surface area contributed by atoms with Crippen molar-refractivity contribution < 1.29 is 9.53 Å². The Bertz CT molecular complexity index is 415. The monoisotopic (exact) mass is 263 g/mol. The number of ether oxygens (including phenoxy) is 1. The molecule has 0 atom stereocenters. The van der Waals surface area contributed by atoms with Gasteiger partial charge in [-0.25, -0.2) is 0 Å². The lowest BCUT2D eigenvalue weighted by Gasteiger charge is -2.23. The largest absolute Gasteiger partial charge is 0.382 e. The number of hydrogen-bond donors (Lipinski definition) is 0. The molecule has 0 bridgehead atoms. The molecule has 0 saturated heterocycles. The molecule has 19 heavy (non-hydrogen) atoms. The van der Waals surface area contributed by atoms with Gasteiger partial charge in [0.15, 0.2) is 0 Å². The summed E-state index contributed by atoms with van der Waals surface area (Å²) in [5.74, 6) is 0.175. The Morgan fingerprint density at radius 1 is 1.26 bits per heavy atom. The first kappa shape index (κ1) is 15.7. The summed E-state index contributed by atoms with van der Waals surface area (Å²) in [5, 5.41) is 0. The van der Waals surface area contributed by atoms with Gasteiger partial charge in [-0.15, -0.1) is 0 Å². The van der Waals surface area contributed by atoms with E-state index in [0.717, 1.165) is 17.7 Å². The van der Waals surface area contributed by atoms with E-state index in [9.17, 15) is 4.79 Å². The molecule has 3 heteroatoms. The van der Waals surface area contributed by atoms with E-state index in [0.29, 0.717) is 26.2 Å². The van der Waals surface area contributed by atoms with Crippen molar-refractivity contribution in [3.63, 3.8) is 0 Å². The maximum atomic E-state index is 12.2. The fraction of sp³-hybridized carbons (Fsp3) is 0.562. The van der Waals surface area contributed by atoms with Crippen molar-refractivity contribution >= 4 is 11.6 Å². The SMILES string of the molecule is CCOCCCC(=O)N(CC)c1ccc(C)cc1C. The lowest BCUT2D eigenvalue weighted by atomic mass is 10.1. The van der Waals surface area contributed by atoms with E-state index >= 15 is 0 Å². The minimum atomic E-state index is 0.175. The summed E-state index contributed by atoms with van der Waals surface area (Å²) in [5.41, 5.74) is 3.40. The third kappa shape index (κ3) is 4.67. The van der Waals surface area contributed by atoms with Crippen LogP contribution in [0.5, 0.6) is 0 Å². The molecular formula is C16H25NO2. The second-order valence-electron chi connectivity index (χ2n) is 4.73. The summed E-state index contributed by atoms with van der Waals surface area (Å²) in [6.07, 6.45) is 1.33. The van der Waals surface area contributed by atoms with E-state index in [4.69, 9.17) is 4.74 Å². The maximum Gasteiger partial charge on any atom is 0.227 e. The topological polar surface area (TPSA) is 29.5 Å². The second kappa shape index (κ2) is 7.95. The average Bonchev–Trinajstić information content (AvgIpc) is 2.38. The van der Waals surface area contributed by atoms with Crippen molar-refractivity contribution in [3.05, 3.63) is 29.3 Å². The van der Waals surface area contributed by atoms with Crippen LogP contribution in [0.3, 0.4) is 0 Å². The normalized spacial score (nSPS) is 10.5. The van der Waals surface area contributed by atoms with Crippen LogP contribution in [0.25, 0.3) is 0 Å². The molecule has 0 saturated carbocycles. The van der Waals surface area contributed by atoms with E-state index in [-0.39, 0.29) is 5.91 Å². The van der Waals surface area contributed by atoms with Gasteiger partial charge in [0.2, 0.25) is 5.91 Å². The molecule has 0 fully saturated rings. The lowest BCUT2D eigenvalue weighted by molar-refractivity contribution is -0.118. The van der Waals surface area contributed by atoms with Gasteiger partial charge in [-0.05, 0) is 45.7 Å². The fourth-order valence-corrected chi connectivity index (χ4v) is 2.19. The predicted octanol–water partition coefficient (Wildman–Crippen LogP) is 3.47. The maximum absolute atomic E-state index is 12.2. The van der Waals surface area contributed by atoms with Gasteiger partial charge >= 0.3 is 0 Å². The fourth-order valence-electron chi connectivity index (χ4n) is 2.19. The molecule has 106 valence electrons. The summed E-state index contributed by atoms with van der Waals surface area (Å²) >= 11 is 0. The number of benzene rings is 1. The van der Waals surface area contributed by atoms with Crippen LogP contribution in [-0.2, 0) is 9.53 Å². The highest BCUT2D eigenvalue weighted by Crippen LogP contribution is 2.22. The molecule has 0 N–H and O–H groups in total. The standard InChI is InChI=1S/C16H25NO2/c1-5-17(16(18)8-7-11-19-6-2)15-10-9-13(3)12-14(15)4/h9-10,12H,5-8,11H2,1-4H3. The molecule has 1 amide bonds. The molecule has 0 radical (unpaired) electrons. The first-order valence-electron chi connectivity index (χ1n) is 7.05. The molecule has 0 aliphatic carbocycles. The van der Waals surface area contributed by atoms with E-state index in [1.807, 2.05) is 24.8 Å². The molecule has 1 rings (SSSR count). The summed E-state index contributed by atoms with van der Waals surface area (Å²) in [7, 11) is 0. The number of aryl methyl sites for hydroxylation is 2. The van der Waals surface area contributed by atoms with Gasteiger partial charge in [-0.3, -0.25) is 4.79 Å². The second-order valence-corrected chi connectivity index (χ2v) is 4.73. The Labute approximate surface area is 116 Å². The van der Waals surface area contributed by atoms with Gasteiger partial charge in [0, 0.05) is 31.9 Å². The van der Waals surface area contributed by atoms with Crippen LogP contribution in [0, 0.1) is 13.8 Å². The molecule has 0 aromatic heterocycles. The molecule has 0 aliphatic rings. The smallest absolute Gasteiger partial charge is 0.227 e. The van der Waals surface area contributed by atoms with Crippen molar-refractivity contribution in [1.82, 2.24) is 0 Å². The van der Waals surface area contributed by atoms with Crippen LogP contribution in [0.2, 0.25) is 0 Å². The molecule has 1 aromatic carbocycles. The van der Waals surface area contributed by atoms with Gasteiger partial charge in [0.1, 0.15) is 0 Å². The number of nitrogens with zero attached hydrogens (tertiary/aromatic N) is 1. The molecule has 0 spiro atoms. The van der Waals surface area contributed by atoms with Crippen LogP contribution >= 0.6 is 0 Å². The highest BCUT2D eigenvalue weighted by molar-refractivity contribution is 5.94. The first-order valence-corrected chi connectivity index (χ1v) is 7.05. The number of rotatable bonds is 7. The molecule has 0 aliphatic heterocycles. The van der Waals surface area contributed by atoms with Gasteiger partial charge in [0.25, 0.3) is 0 Å². The average molecular weight is 263 g/mol. The van der Waals surface area contributed by atoms with Gasteiger partial charge in [0.05, 0.1) is 0 Å². The van der Waals surface area contributed by atoms with Crippen LogP contribution in [0.1, 0.15) is 37.8 Å². The summed E-state index contributed by atoms with van der Waals surface area (Å²) in [6.45, 7) is 10.2. The van der Waals surface area contributed by atoms with E-state index in [1.165, 1.54) is 5.56 Å². The van der Waals surface area contributed by atoms with Gasteiger partial charge in [-0.2, -0.15) is 0 Å². The Hall–Kier alpha value is -1.35. The zero-order valence-corrected chi connectivity index (χ0v) is 12.5. The van der Waals surface area contributed by atoms with Crippen molar-refractivity contribution in [2.45, 2.75) is 40.5 Å². The number of carbonyl (C=O) groups is 1. The van der Waals surface area contributed by atoms with Gasteiger partial charge in [-0.1, -0.05) is 17.7 Å². The number of amides is 1. The van der Waals surface area contributed by atoms with E-state index < -0.39 is 0 Å². The summed E-state index contributed by atoms with van der Waals surface area (Å²) in [4.78, 5) is 14.1. The third-order valence-electron chi connectivity index (χ3n) is 3.14. The highest BCUT2D eigenvalue weighted by Gasteiger charge is 2.15. The van der Waals surface area contributed by atoms with Crippen LogP contribution in [-0.4, -0.2) is 25.7 Å². The third-order valence-corrected chi connectivity index (χ3v) is 3.14. The minimum absolute atomic E-state index is 0.175. The Morgan fingerprint density at radius 3 is 2.58 bits per heavy atom. The predicted molar refractivity (Wildman–Crippen MR) is 79.7 cm³/mol. The minimum Gasteiger partial charge on any atom is -0.382 e. The van der Waals surface area contributed by atoms with Crippen LogP contribution in [0.15, 0.2) is 18.2 Å². The van der Waals surface area contributed by atoms with Crippen molar-refractivity contribution in [3.8, 4) is 0 Å². The molecule has 0 heterocycles. The zero-order valence-electron chi connectivity index (χ0n) is 12.5. The summed E-state index contributed by atoms with van der Waals surface area (Å²) in [6, 6.07) is 6.21. The molecule has 3 nitrogen and oxygen atoms in total. The van der Waals surface area contributed by atoms with Crippen molar-refractivity contribution in [2.24, 2.45) is 0 Å². The number of carbonyl (C=O) groups excluding carboxylic acids is 1. The van der Waals surface area contributed by atoms with Crippen molar-refractivity contribution in [2.75, 3.05) is 24.7 Å². The van der Waals surface area contributed by atoms with Gasteiger partial charge < -0.3 is 9.64 Å². The molecular weight excluding hydrogens is 238 g/mol. The lowest BCUT2D eigenvalue weighted by Crippen LogP contribution is -2.31. The summed E-state index contributed by atoms with van der Waals surface area (Å²) < 4.78 is 5.27. The van der Waals surface area contributed by atoms with Crippen molar-refractivity contribution in [1.29, 1.82) is 0 Å². The van der Waals surface area contributed by atoms with Crippen LogP contribution < -0.4 is 4.90 Å². The Balaban J connectivity index is 2.68. The molecule has 1 aromatic rings. The first-order chi connectivity index (χ1) is 9.10. The highest BCUT2D eigenvalue weighted by atomic mass is 16.5. The Kier molecular flexibility index (Phi) is 6.57.